The van der Waals surface area contributed by atoms with Crippen LogP contribution in [0.3, 0.4) is 0 Å². The second kappa shape index (κ2) is 5.31. The van der Waals surface area contributed by atoms with Crippen molar-refractivity contribution >= 4 is 27.5 Å². The van der Waals surface area contributed by atoms with Gasteiger partial charge in [0.2, 0.25) is 0 Å². The first-order chi connectivity index (χ1) is 11.7. The first-order valence-electron chi connectivity index (χ1n) is 7.44. The molecule has 5 nitrogen and oxygen atoms in total. The van der Waals surface area contributed by atoms with Gasteiger partial charge in [-0.3, -0.25) is 14.9 Å². The Balaban J connectivity index is 2.25. The number of nitro groups is 1. The Hall–Kier alpha value is -3.47. The summed E-state index contributed by atoms with van der Waals surface area (Å²) in [4.78, 5) is 23.4. The minimum absolute atomic E-state index is 0.0884. The topological polar surface area (TPSA) is 65.1 Å². The normalized spacial score (nSPS) is 11.0. The Morgan fingerprint density at radius 3 is 2.21 bits per heavy atom. The van der Waals surface area contributed by atoms with Crippen LogP contribution in [0.2, 0.25) is 0 Å². The first-order valence-corrected chi connectivity index (χ1v) is 7.44. The van der Waals surface area contributed by atoms with Gasteiger partial charge >= 0.3 is 0 Å². The van der Waals surface area contributed by atoms with Crippen molar-refractivity contribution in [2.24, 2.45) is 0 Å². The predicted molar refractivity (Wildman–Crippen MR) is 93.7 cm³/mol. The molecule has 116 valence electrons. The summed E-state index contributed by atoms with van der Waals surface area (Å²) in [5.74, 6) is 0. The number of non-ortho nitro benzene ring substituents is 1. The summed E-state index contributed by atoms with van der Waals surface area (Å²) < 4.78 is 1.95. The van der Waals surface area contributed by atoms with E-state index in [0.717, 1.165) is 11.2 Å². The number of fused-ring (bicyclic) bond motifs is 2. The van der Waals surface area contributed by atoms with Crippen LogP contribution in [-0.4, -0.2) is 9.49 Å². The van der Waals surface area contributed by atoms with E-state index >= 15 is 0 Å². The summed E-state index contributed by atoms with van der Waals surface area (Å²) in [5, 5.41) is 11.9. The zero-order valence-corrected chi connectivity index (χ0v) is 12.5. The highest BCUT2D eigenvalue weighted by molar-refractivity contribution is 5.96. The number of rotatable bonds is 2. The minimum Gasteiger partial charge on any atom is -0.309 e. The van der Waals surface area contributed by atoms with Gasteiger partial charge in [0.1, 0.15) is 0 Å². The van der Waals surface area contributed by atoms with E-state index in [-0.39, 0.29) is 11.1 Å². The van der Waals surface area contributed by atoms with E-state index in [1.165, 1.54) is 12.1 Å². The average Bonchev–Trinajstić information content (AvgIpc) is 2.62. The van der Waals surface area contributed by atoms with Crippen molar-refractivity contribution < 1.29 is 4.92 Å². The maximum absolute atomic E-state index is 12.8. The number of para-hydroxylation sites is 2. The van der Waals surface area contributed by atoms with Gasteiger partial charge in [0.15, 0.2) is 5.43 Å². The molecule has 0 N–H and O–H groups in total. The van der Waals surface area contributed by atoms with Crippen LogP contribution in [0.25, 0.3) is 27.5 Å². The molecule has 0 unspecified atom stereocenters. The maximum Gasteiger partial charge on any atom is 0.270 e. The van der Waals surface area contributed by atoms with Crippen molar-refractivity contribution in [2.75, 3.05) is 0 Å². The average molecular weight is 316 g/mol. The molecule has 4 aromatic rings. The first kappa shape index (κ1) is 14.1. The summed E-state index contributed by atoms with van der Waals surface area (Å²) in [6, 6.07) is 21.3. The van der Waals surface area contributed by atoms with Crippen LogP contribution in [0, 0.1) is 10.1 Å². The largest absolute Gasteiger partial charge is 0.309 e. The fourth-order valence-corrected chi connectivity index (χ4v) is 3.01. The zero-order chi connectivity index (χ0) is 16.7. The molecule has 1 heterocycles. The van der Waals surface area contributed by atoms with Gasteiger partial charge in [-0.15, -0.1) is 0 Å². The molecule has 0 fully saturated rings. The van der Waals surface area contributed by atoms with Crippen molar-refractivity contribution in [2.45, 2.75) is 0 Å². The lowest BCUT2D eigenvalue weighted by atomic mass is 10.1. The van der Waals surface area contributed by atoms with E-state index in [9.17, 15) is 14.9 Å². The quantitative estimate of drug-likeness (QED) is 0.318. The Bertz CT molecular complexity index is 1150. The summed E-state index contributed by atoms with van der Waals surface area (Å²) in [6.07, 6.45) is 0. The van der Waals surface area contributed by atoms with Gasteiger partial charge in [0, 0.05) is 23.2 Å². The second-order valence-electron chi connectivity index (χ2n) is 5.48. The van der Waals surface area contributed by atoms with Gasteiger partial charge in [0.05, 0.1) is 21.3 Å². The van der Waals surface area contributed by atoms with E-state index < -0.39 is 4.92 Å². The van der Waals surface area contributed by atoms with Crippen LogP contribution in [0.5, 0.6) is 0 Å². The molecule has 0 bridgehead atoms. The molecule has 4 rings (SSSR count). The summed E-state index contributed by atoms with van der Waals surface area (Å²) in [5.41, 5.74) is 2.03. The summed E-state index contributed by atoms with van der Waals surface area (Å²) in [7, 11) is 0. The molecule has 0 aliphatic heterocycles. The van der Waals surface area contributed by atoms with Gasteiger partial charge < -0.3 is 4.57 Å². The lowest BCUT2D eigenvalue weighted by Gasteiger charge is -2.15. The fourth-order valence-electron chi connectivity index (χ4n) is 3.01. The second-order valence-corrected chi connectivity index (χ2v) is 5.48. The van der Waals surface area contributed by atoms with Crippen LogP contribution in [0.1, 0.15) is 0 Å². The molecule has 5 heteroatoms. The molecule has 1 aromatic heterocycles. The number of nitro benzene ring substituents is 1. The number of nitrogens with zero attached hydrogens (tertiary/aromatic N) is 2. The highest BCUT2D eigenvalue weighted by Crippen LogP contribution is 2.26. The summed E-state index contributed by atoms with van der Waals surface area (Å²) in [6.45, 7) is 0. The van der Waals surface area contributed by atoms with E-state index in [4.69, 9.17) is 0 Å². The molecule has 0 atom stereocenters. The van der Waals surface area contributed by atoms with Crippen molar-refractivity contribution in [1.29, 1.82) is 0 Å². The number of pyridine rings is 1. The van der Waals surface area contributed by atoms with Crippen molar-refractivity contribution in [3.05, 3.63) is 93.1 Å². The van der Waals surface area contributed by atoms with Gasteiger partial charge in [-0.25, -0.2) is 0 Å². The molecule has 0 amide bonds. The SMILES string of the molecule is O=c1c2ccccc2n(-c2ccccc2)c2ccc([N+](=O)[O-])cc12. The minimum atomic E-state index is -0.485. The Morgan fingerprint density at radius 2 is 1.46 bits per heavy atom. The van der Waals surface area contributed by atoms with E-state index in [2.05, 4.69) is 0 Å². The van der Waals surface area contributed by atoms with E-state index in [1.807, 2.05) is 47.0 Å². The lowest BCUT2D eigenvalue weighted by Crippen LogP contribution is -2.10. The van der Waals surface area contributed by atoms with Crippen molar-refractivity contribution in [3.63, 3.8) is 0 Å². The van der Waals surface area contributed by atoms with Gasteiger partial charge in [-0.2, -0.15) is 0 Å². The van der Waals surface area contributed by atoms with Crippen LogP contribution in [0.4, 0.5) is 5.69 Å². The zero-order valence-electron chi connectivity index (χ0n) is 12.5. The maximum atomic E-state index is 12.8. The molecule has 0 saturated carbocycles. The number of aromatic nitrogens is 1. The van der Waals surface area contributed by atoms with Gasteiger partial charge in [-0.05, 0) is 30.3 Å². The van der Waals surface area contributed by atoms with Crippen LogP contribution >= 0.6 is 0 Å². The van der Waals surface area contributed by atoms with Crippen molar-refractivity contribution in [3.8, 4) is 5.69 Å². The molecule has 0 spiro atoms. The number of hydrogen-bond acceptors (Lipinski definition) is 3. The van der Waals surface area contributed by atoms with Crippen LogP contribution in [0.15, 0.2) is 77.6 Å². The van der Waals surface area contributed by atoms with E-state index in [1.54, 1.807) is 18.2 Å². The Labute approximate surface area is 136 Å². The van der Waals surface area contributed by atoms with Crippen LogP contribution < -0.4 is 5.43 Å². The van der Waals surface area contributed by atoms with Gasteiger partial charge in [-0.1, -0.05) is 30.3 Å². The third-order valence-corrected chi connectivity index (χ3v) is 4.08. The van der Waals surface area contributed by atoms with E-state index in [0.29, 0.717) is 16.3 Å². The van der Waals surface area contributed by atoms with Crippen LogP contribution in [-0.2, 0) is 0 Å². The highest BCUT2D eigenvalue weighted by atomic mass is 16.6. The standard InChI is InChI=1S/C19H12N2O3/c22-19-15-8-4-5-9-17(15)20(13-6-2-1-3-7-13)18-11-10-14(21(23)24)12-16(18)19/h1-12H. The molecule has 24 heavy (non-hydrogen) atoms. The predicted octanol–water partition coefficient (Wildman–Crippen LogP) is 4.05. The molecule has 0 aliphatic rings. The fraction of sp³-hybridized carbons (Fsp3) is 0. The Kier molecular flexibility index (Phi) is 3.13. The molecule has 3 aromatic carbocycles. The molecular formula is C19H12N2O3. The third-order valence-electron chi connectivity index (χ3n) is 4.08. The number of benzene rings is 3. The molecule has 0 aliphatic carbocycles. The smallest absolute Gasteiger partial charge is 0.270 e. The molecular weight excluding hydrogens is 304 g/mol. The lowest BCUT2D eigenvalue weighted by molar-refractivity contribution is -0.384. The highest BCUT2D eigenvalue weighted by Gasteiger charge is 2.15. The monoisotopic (exact) mass is 316 g/mol. The van der Waals surface area contributed by atoms with Crippen molar-refractivity contribution in [1.82, 2.24) is 4.57 Å². The van der Waals surface area contributed by atoms with Gasteiger partial charge in [0.25, 0.3) is 5.69 Å². The summed E-state index contributed by atoms with van der Waals surface area (Å²) >= 11 is 0. The Morgan fingerprint density at radius 1 is 0.792 bits per heavy atom. The third kappa shape index (κ3) is 2.06. The number of hydrogen-bond donors (Lipinski definition) is 0. The molecule has 0 saturated heterocycles. The molecule has 0 radical (unpaired) electrons.